The van der Waals surface area contributed by atoms with Crippen LogP contribution in [-0.4, -0.2) is 23.6 Å². The molecule has 1 N–H and O–H groups in total. The van der Waals surface area contributed by atoms with Gasteiger partial charge in [-0.3, -0.25) is 15.4 Å². The van der Waals surface area contributed by atoms with Crippen molar-refractivity contribution in [3.63, 3.8) is 0 Å². The van der Waals surface area contributed by atoms with E-state index in [0.29, 0.717) is 12.3 Å². The van der Waals surface area contributed by atoms with Gasteiger partial charge in [0.1, 0.15) is 17.9 Å². The highest BCUT2D eigenvalue weighted by atomic mass is 16.6. The predicted molar refractivity (Wildman–Crippen MR) is 71.0 cm³/mol. The fourth-order valence-electron chi connectivity index (χ4n) is 1.59. The normalized spacial score (nSPS) is 13.4. The maximum atomic E-state index is 10.7. The summed E-state index contributed by atoms with van der Waals surface area (Å²) < 4.78 is 5.55. The quantitative estimate of drug-likeness (QED) is 0.627. The van der Waals surface area contributed by atoms with E-state index in [-0.39, 0.29) is 12.3 Å². The first-order valence-electron chi connectivity index (χ1n) is 5.96. The molecule has 0 fully saturated rings. The minimum Gasteiger partial charge on any atom is -0.490 e. The summed E-state index contributed by atoms with van der Waals surface area (Å²) in [5.74, 6) is 0.425. The van der Waals surface area contributed by atoms with Crippen molar-refractivity contribution >= 4 is 5.69 Å². The van der Waals surface area contributed by atoms with Crippen molar-refractivity contribution < 1.29 is 9.66 Å². The van der Waals surface area contributed by atoms with Crippen LogP contribution in [0.2, 0.25) is 0 Å². The van der Waals surface area contributed by atoms with Crippen LogP contribution in [0.3, 0.4) is 0 Å². The molecular weight excluding hydrogens is 246 g/mol. The van der Waals surface area contributed by atoms with E-state index >= 15 is 0 Å². The average molecular weight is 263 g/mol. The largest absolute Gasteiger partial charge is 0.490 e. The van der Waals surface area contributed by atoms with Gasteiger partial charge in [0.25, 0.3) is 5.69 Å². The van der Waals surface area contributed by atoms with Gasteiger partial charge in [0, 0.05) is 6.07 Å². The van der Waals surface area contributed by atoms with Crippen LogP contribution in [0, 0.1) is 28.4 Å². The van der Waals surface area contributed by atoms with Gasteiger partial charge < -0.3 is 4.74 Å². The number of nitro groups is 1. The number of nitro benzene ring substituents is 1. The van der Waals surface area contributed by atoms with E-state index in [1.807, 2.05) is 6.92 Å². The average Bonchev–Trinajstić information content (AvgIpc) is 2.38. The molecule has 6 nitrogen and oxygen atoms in total. The third kappa shape index (κ3) is 3.93. The molecule has 0 saturated carbocycles. The van der Waals surface area contributed by atoms with Crippen molar-refractivity contribution in [2.24, 2.45) is 0 Å². The van der Waals surface area contributed by atoms with E-state index in [9.17, 15) is 10.1 Å². The fraction of sp³-hybridized carbons (Fsp3) is 0.462. The Labute approximate surface area is 112 Å². The highest BCUT2D eigenvalue weighted by molar-refractivity contribution is 5.43. The third-order valence-electron chi connectivity index (χ3n) is 2.71. The topological polar surface area (TPSA) is 88.2 Å². The first-order chi connectivity index (χ1) is 8.91. The molecule has 0 radical (unpaired) electrons. The lowest BCUT2D eigenvalue weighted by Gasteiger charge is -2.23. The number of aryl methyl sites for hydroxylation is 1. The second kappa shape index (κ2) is 6.16. The van der Waals surface area contributed by atoms with E-state index in [0.717, 1.165) is 5.56 Å². The molecule has 1 rings (SSSR count). The summed E-state index contributed by atoms with van der Waals surface area (Å²) in [5.41, 5.74) is -0.0451. The summed E-state index contributed by atoms with van der Waals surface area (Å²) in [5, 5.41) is 22.8. The Morgan fingerprint density at radius 3 is 2.79 bits per heavy atom. The van der Waals surface area contributed by atoms with Crippen LogP contribution in [0.15, 0.2) is 18.2 Å². The van der Waals surface area contributed by atoms with Crippen LogP contribution in [0.4, 0.5) is 5.69 Å². The number of nitrogens with one attached hydrogen (secondary N) is 1. The van der Waals surface area contributed by atoms with E-state index in [1.165, 1.54) is 12.1 Å². The SMILES string of the molecule is CCNC(C)(C#N)COc1cc([N+](=O)[O-])ccc1C. The van der Waals surface area contributed by atoms with Crippen LogP contribution >= 0.6 is 0 Å². The molecular formula is C13H17N3O3. The molecule has 1 aromatic rings. The molecule has 0 heterocycles. The molecule has 0 aliphatic carbocycles. The molecule has 0 aliphatic rings. The van der Waals surface area contributed by atoms with Gasteiger partial charge in [-0.05, 0) is 32.0 Å². The molecule has 102 valence electrons. The molecule has 0 spiro atoms. The zero-order valence-corrected chi connectivity index (χ0v) is 11.3. The molecule has 19 heavy (non-hydrogen) atoms. The second-order valence-electron chi connectivity index (χ2n) is 4.47. The summed E-state index contributed by atoms with van der Waals surface area (Å²) in [7, 11) is 0. The summed E-state index contributed by atoms with van der Waals surface area (Å²) in [4.78, 5) is 10.2. The number of hydrogen-bond acceptors (Lipinski definition) is 5. The van der Waals surface area contributed by atoms with Gasteiger partial charge in [0.05, 0.1) is 17.1 Å². The van der Waals surface area contributed by atoms with E-state index in [2.05, 4.69) is 11.4 Å². The zero-order valence-electron chi connectivity index (χ0n) is 11.3. The van der Waals surface area contributed by atoms with Gasteiger partial charge >= 0.3 is 0 Å². The van der Waals surface area contributed by atoms with Crippen molar-refractivity contribution in [3.8, 4) is 11.8 Å². The summed E-state index contributed by atoms with van der Waals surface area (Å²) >= 11 is 0. The minimum atomic E-state index is -0.814. The Bertz CT molecular complexity index is 510. The fourth-order valence-corrected chi connectivity index (χ4v) is 1.59. The number of likely N-dealkylation sites (N-methyl/N-ethyl adjacent to an activating group) is 1. The molecule has 1 unspecified atom stereocenters. The number of hydrogen-bond donors (Lipinski definition) is 1. The van der Waals surface area contributed by atoms with Gasteiger partial charge in [-0.25, -0.2) is 0 Å². The van der Waals surface area contributed by atoms with Gasteiger partial charge in [-0.15, -0.1) is 0 Å². The van der Waals surface area contributed by atoms with Gasteiger partial charge in [-0.1, -0.05) is 6.92 Å². The Hall–Kier alpha value is -2.13. The van der Waals surface area contributed by atoms with E-state index in [4.69, 9.17) is 10.00 Å². The number of non-ortho nitro benzene ring substituents is 1. The Balaban J connectivity index is 2.85. The first-order valence-corrected chi connectivity index (χ1v) is 5.96. The van der Waals surface area contributed by atoms with Crippen LogP contribution < -0.4 is 10.1 Å². The van der Waals surface area contributed by atoms with Crippen LogP contribution in [0.25, 0.3) is 0 Å². The Kier molecular flexibility index (Phi) is 4.84. The monoisotopic (exact) mass is 263 g/mol. The molecule has 1 aromatic carbocycles. The highest BCUT2D eigenvalue weighted by Gasteiger charge is 2.24. The van der Waals surface area contributed by atoms with Gasteiger partial charge in [-0.2, -0.15) is 5.26 Å². The maximum absolute atomic E-state index is 10.7. The van der Waals surface area contributed by atoms with Crippen molar-refractivity contribution in [1.29, 1.82) is 5.26 Å². The van der Waals surface area contributed by atoms with Crippen LogP contribution in [-0.2, 0) is 0 Å². The van der Waals surface area contributed by atoms with E-state index < -0.39 is 10.5 Å². The van der Waals surface area contributed by atoms with Crippen LogP contribution in [0.1, 0.15) is 19.4 Å². The van der Waals surface area contributed by atoms with Crippen LogP contribution in [0.5, 0.6) is 5.75 Å². The number of nitriles is 1. The smallest absolute Gasteiger partial charge is 0.273 e. The highest BCUT2D eigenvalue weighted by Crippen LogP contribution is 2.24. The molecule has 0 aromatic heterocycles. The van der Waals surface area contributed by atoms with Crippen molar-refractivity contribution in [1.82, 2.24) is 5.32 Å². The summed E-state index contributed by atoms with van der Waals surface area (Å²) in [6, 6.07) is 6.57. The first kappa shape index (κ1) is 14.9. The molecule has 0 aliphatic heterocycles. The van der Waals surface area contributed by atoms with Crippen molar-refractivity contribution in [2.45, 2.75) is 26.3 Å². The Morgan fingerprint density at radius 1 is 1.58 bits per heavy atom. The minimum absolute atomic E-state index is 0.0253. The maximum Gasteiger partial charge on any atom is 0.273 e. The molecule has 1 atom stereocenters. The lowest BCUT2D eigenvalue weighted by atomic mass is 10.1. The summed E-state index contributed by atoms with van der Waals surface area (Å²) in [6.45, 7) is 6.19. The lowest BCUT2D eigenvalue weighted by Crippen LogP contribution is -2.46. The number of rotatable bonds is 6. The number of benzene rings is 1. The molecule has 0 amide bonds. The third-order valence-corrected chi connectivity index (χ3v) is 2.71. The van der Waals surface area contributed by atoms with Gasteiger partial charge in [0.15, 0.2) is 0 Å². The summed E-state index contributed by atoms with van der Waals surface area (Å²) in [6.07, 6.45) is 0. The predicted octanol–water partition coefficient (Wildman–Crippen LogP) is 2.17. The number of nitrogens with zero attached hydrogens (tertiary/aromatic N) is 2. The number of ether oxygens (including phenoxy) is 1. The Morgan fingerprint density at radius 2 is 2.26 bits per heavy atom. The zero-order chi connectivity index (χ0) is 14.5. The van der Waals surface area contributed by atoms with Crippen molar-refractivity contribution in [3.05, 3.63) is 33.9 Å². The molecule has 0 saturated heterocycles. The van der Waals surface area contributed by atoms with Gasteiger partial charge in [0.2, 0.25) is 0 Å². The molecule has 0 bridgehead atoms. The molecule has 6 heteroatoms. The van der Waals surface area contributed by atoms with E-state index in [1.54, 1.807) is 19.9 Å². The van der Waals surface area contributed by atoms with Crippen molar-refractivity contribution in [2.75, 3.05) is 13.2 Å². The second-order valence-corrected chi connectivity index (χ2v) is 4.47. The standard InChI is InChI=1S/C13H17N3O3/c1-4-15-13(3,8-14)9-19-12-7-11(16(17)18)6-5-10(12)2/h5-7,15H,4,9H2,1-3H3. The lowest BCUT2D eigenvalue weighted by molar-refractivity contribution is -0.385.